The van der Waals surface area contributed by atoms with Gasteiger partial charge in [-0.15, -0.1) is 0 Å². The van der Waals surface area contributed by atoms with Crippen molar-refractivity contribution in [3.8, 4) is 17.2 Å². The summed E-state index contributed by atoms with van der Waals surface area (Å²) < 4.78 is 6.46. The van der Waals surface area contributed by atoms with E-state index >= 15 is 0 Å². The molecule has 1 amide bonds. The van der Waals surface area contributed by atoms with E-state index in [0.29, 0.717) is 21.3 Å². The molecule has 2 aromatic rings. The van der Waals surface area contributed by atoms with Crippen LogP contribution in [0.1, 0.15) is 15.9 Å². The van der Waals surface area contributed by atoms with Crippen molar-refractivity contribution < 1.29 is 19.7 Å². The molecule has 120 valence electrons. The number of rotatable bonds is 4. The molecule has 2 aromatic carbocycles. The first-order valence-corrected chi connectivity index (χ1v) is 8.18. The van der Waals surface area contributed by atoms with E-state index in [9.17, 15) is 15.0 Å². The zero-order valence-corrected chi connectivity index (χ0v) is 15.6. The molecular weight excluding hydrogens is 479 g/mol. The lowest BCUT2D eigenvalue weighted by atomic mass is 10.2. The zero-order chi connectivity index (χ0) is 17.0. The smallest absolute Gasteiger partial charge is 0.271 e. The van der Waals surface area contributed by atoms with Gasteiger partial charge in [-0.25, -0.2) is 5.43 Å². The number of halogens is 2. The molecule has 0 aliphatic heterocycles. The third kappa shape index (κ3) is 4.35. The van der Waals surface area contributed by atoms with Gasteiger partial charge in [0.2, 0.25) is 0 Å². The molecular formula is C15H12BrIN2O4. The van der Waals surface area contributed by atoms with E-state index in [1.807, 2.05) is 0 Å². The van der Waals surface area contributed by atoms with Gasteiger partial charge in [0.05, 0.1) is 21.4 Å². The second-order valence-corrected chi connectivity index (χ2v) is 6.43. The molecule has 23 heavy (non-hydrogen) atoms. The molecule has 0 fully saturated rings. The van der Waals surface area contributed by atoms with Gasteiger partial charge in [-0.3, -0.25) is 4.79 Å². The van der Waals surface area contributed by atoms with Gasteiger partial charge in [0.25, 0.3) is 5.91 Å². The highest BCUT2D eigenvalue weighted by Crippen LogP contribution is 2.30. The molecule has 6 nitrogen and oxygen atoms in total. The van der Waals surface area contributed by atoms with Crippen molar-refractivity contribution in [1.29, 1.82) is 0 Å². The molecule has 2 rings (SSSR count). The van der Waals surface area contributed by atoms with E-state index in [1.54, 1.807) is 18.2 Å². The lowest BCUT2D eigenvalue weighted by Crippen LogP contribution is -2.17. The molecule has 0 aromatic heterocycles. The standard InChI is InChI=1S/C15H12BrIN2O4/c1-23-14-5-8(2-3-11(14)17)15(22)19-18-7-9-4-10(16)13(21)6-12(9)20/h2-7,20-21H,1H3,(H,19,22)/b18-7-. The van der Waals surface area contributed by atoms with Crippen LogP contribution in [-0.4, -0.2) is 29.4 Å². The number of nitrogens with one attached hydrogen (secondary N) is 1. The van der Waals surface area contributed by atoms with Crippen LogP contribution in [0.15, 0.2) is 39.9 Å². The van der Waals surface area contributed by atoms with Gasteiger partial charge in [-0.05, 0) is 62.8 Å². The number of hydrogen-bond donors (Lipinski definition) is 3. The topological polar surface area (TPSA) is 91.2 Å². The highest BCUT2D eigenvalue weighted by atomic mass is 127. The Hall–Kier alpha value is -1.81. The van der Waals surface area contributed by atoms with Gasteiger partial charge in [0, 0.05) is 17.2 Å². The molecule has 3 N–H and O–H groups in total. The predicted octanol–water partition coefficient (Wildman–Crippen LogP) is 3.24. The first-order chi connectivity index (χ1) is 10.9. The van der Waals surface area contributed by atoms with Crippen molar-refractivity contribution in [2.45, 2.75) is 0 Å². The van der Waals surface area contributed by atoms with Gasteiger partial charge in [-0.2, -0.15) is 5.10 Å². The average Bonchev–Trinajstić information content (AvgIpc) is 2.52. The number of nitrogens with zero attached hydrogens (tertiary/aromatic N) is 1. The number of phenols is 2. The quantitative estimate of drug-likeness (QED) is 0.348. The summed E-state index contributed by atoms with van der Waals surface area (Å²) in [7, 11) is 1.53. The molecule has 0 saturated heterocycles. The molecule has 0 spiro atoms. The maximum absolute atomic E-state index is 12.0. The van der Waals surface area contributed by atoms with Crippen LogP contribution in [0.5, 0.6) is 17.2 Å². The number of carbonyl (C=O) groups excluding carboxylic acids is 1. The molecule has 0 atom stereocenters. The Bertz CT molecular complexity index is 780. The van der Waals surface area contributed by atoms with Crippen LogP contribution in [0.4, 0.5) is 0 Å². The Balaban J connectivity index is 2.11. The van der Waals surface area contributed by atoms with Crippen molar-refractivity contribution in [3.63, 3.8) is 0 Å². The Kier molecular flexibility index (Phi) is 5.83. The summed E-state index contributed by atoms with van der Waals surface area (Å²) in [5.74, 6) is -0.0510. The fourth-order valence-corrected chi connectivity index (χ4v) is 2.61. The molecule has 0 aliphatic rings. The van der Waals surface area contributed by atoms with Crippen LogP contribution in [0.3, 0.4) is 0 Å². The lowest BCUT2D eigenvalue weighted by Gasteiger charge is -2.06. The van der Waals surface area contributed by atoms with Gasteiger partial charge >= 0.3 is 0 Å². The maximum Gasteiger partial charge on any atom is 0.271 e. The largest absolute Gasteiger partial charge is 0.507 e. The van der Waals surface area contributed by atoms with Crippen LogP contribution in [0, 0.1) is 3.57 Å². The van der Waals surface area contributed by atoms with E-state index in [1.165, 1.54) is 25.5 Å². The van der Waals surface area contributed by atoms with E-state index in [-0.39, 0.29) is 11.5 Å². The predicted molar refractivity (Wildman–Crippen MR) is 98.2 cm³/mol. The van der Waals surface area contributed by atoms with Gasteiger partial charge in [0.1, 0.15) is 17.2 Å². The van der Waals surface area contributed by atoms with Gasteiger partial charge in [0.15, 0.2) is 0 Å². The minimum absolute atomic E-state index is 0.0883. The molecule has 8 heteroatoms. The minimum atomic E-state index is -0.409. The zero-order valence-electron chi connectivity index (χ0n) is 11.9. The van der Waals surface area contributed by atoms with E-state index in [2.05, 4.69) is 49.0 Å². The summed E-state index contributed by atoms with van der Waals surface area (Å²) in [6.07, 6.45) is 1.28. The van der Waals surface area contributed by atoms with E-state index in [0.717, 1.165) is 3.57 Å². The average molecular weight is 491 g/mol. The molecule has 0 bridgehead atoms. The van der Waals surface area contributed by atoms with Crippen LogP contribution in [0.25, 0.3) is 0 Å². The molecule has 0 unspecified atom stereocenters. The molecule has 0 heterocycles. The lowest BCUT2D eigenvalue weighted by molar-refractivity contribution is 0.0954. The van der Waals surface area contributed by atoms with Crippen molar-refractivity contribution in [2.24, 2.45) is 5.10 Å². The van der Waals surface area contributed by atoms with Crippen molar-refractivity contribution >= 4 is 50.6 Å². The monoisotopic (exact) mass is 490 g/mol. The second-order valence-electron chi connectivity index (χ2n) is 4.41. The van der Waals surface area contributed by atoms with E-state index < -0.39 is 5.91 Å². The van der Waals surface area contributed by atoms with Crippen LogP contribution < -0.4 is 10.2 Å². The number of aromatic hydroxyl groups is 2. The molecule has 0 aliphatic carbocycles. The fourth-order valence-electron chi connectivity index (χ4n) is 1.70. The number of methoxy groups -OCH3 is 1. The SMILES string of the molecule is COc1cc(C(=O)N/N=C\c2cc(Br)c(O)cc2O)ccc1I. The summed E-state index contributed by atoms with van der Waals surface area (Å²) in [5, 5.41) is 22.9. The van der Waals surface area contributed by atoms with Crippen molar-refractivity contribution in [2.75, 3.05) is 7.11 Å². The molecule has 0 radical (unpaired) electrons. The third-order valence-corrected chi connectivity index (χ3v) is 4.41. The number of benzene rings is 2. The number of carbonyl (C=O) groups is 1. The Labute approximate surface area is 154 Å². The maximum atomic E-state index is 12.0. The first kappa shape index (κ1) is 17.5. The van der Waals surface area contributed by atoms with Crippen LogP contribution in [-0.2, 0) is 0 Å². The Morgan fingerprint density at radius 2 is 2.04 bits per heavy atom. The number of amides is 1. The summed E-state index contributed by atoms with van der Waals surface area (Å²) in [6.45, 7) is 0. The summed E-state index contributed by atoms with van der Waals surface area (Å²) in [6, 6.07) is 7.69. The van der Waals surface area contributed by atoms with Gasteiger partial charge in [-0.1, -0.05) is 0 Å². The number of phenolic OH excluding ortho intramolecular Hbond substituents is 2. The number of hydrazone groups is 1. The highest BCUT2D eigenvalue weighted by molar-refractivity contribution is 14.1. The Morgan fingerprint density at radius 1 is 1.30 bits per heavy atom. The fraction of sp³-hybridized carbons (Fsp3) is 0.0667. The van der Waals surface area contributed by atoms with E-state index in [4.69, 9.17) is 4.74 Å². The summed E-state index contributed by atoms with van der Waals surface area (Å²) in [4.78, 5) is 12.0. The minimum Gasteiger partial charge on any atom is -0.507 e. The Morgan fingerprint density at radius 3 is 2.74 bits per heavy atom. The molecule has 0 saturated carbocycles. The summed E-state index contributed by atoms with van der Waals surface area (Å²) >= 11 is 5.24. The second kappa shape index (κ2) is 7.64. The first-order valence-electron chi connectivity index (χ1n) is 6.30. The van der Waals surface area contributed by atoms with Crippen LogP contribution in [0.2, 0.25) is 0 Å². The third-order valence-electron chi connectivity index (χ3n) is 2.88. The number of ether oxygens (including phenoxy) is 1. The van der Waals surface area contributed by atoms with Crippen molar-refractivity contribution in [1.82, 2.24) is 5.43 Å². The number of hydrogen-bond acceptors (Lipinski definition) is 5. The summed E-state index contributed by atoms with van der Waals surface area (Å²) in [5.41, 5.74) is 3.10. The van der Waals surface area contributed by atoms with Crippen molar-refractivity contribution in [3.05, 3.63) is 49.5 Å². The highest BCUT2D eigenvalue weighted by Gasteiger charge is 2.09. The van der Waals surface area contributed by atoms with Crippen LogP contribution >= 0.6 is 38.5 Å². The normalized spacial score (nSPS) is 10.7. The van der Waals surface area contributed by atoms with Gasteiger partial charge < -0.3 is 14.9 Å².